The van der Waals surface area contributed by atoms with Gasteiger partial charge in [-0.15, -0.1) is 0 Å². The number of esters is 2. The maximum Gasteiger partial charge on any atom is 0.306 e. The zero-order chi connectivity index (χ0) is 43.7. The molecule has 0 heterocycles. The molecule has 342 valence electrons. The number of likely N-dealkylation sites (N-methyl/N-ethyl adjacent to an activating group) is 1. The Bertz CT molecular complexity index is 1210. The second-order valence-electron chi connectivity index (χ2n) is 16.6. The van der Waals surface area contributed by atoms with Crippen LogP contribution >= 0.6 is 7.82 Å². The van der Waals surface area contributed by atoms with Gasteiger partial charge >= 0.3 is 11.9 Å². The van der Waals surface area contributed by atoms with Gasteiger partial charge in [0.1, 0.15) is 19.8 Å². The van der Waals surface area contributed by atoms with E-state index < -0.39 is 38.6 Å². The highest BCUT2D eigenvalue weighted by molar-refractivity contribution is 7.45. The number of ether oxygens (including phenoxy) is 2. The van der Waals surface area contributed by atoms with Crippen molar-refractivity contribution in [3.8, 4) is 0 Å². The molecular formula is C48H86NO9P. The van der Waals surface area contributed by atoms with Gasteiger partial charge in [0.2, 0.25) is 0 Å². The van der Waals surface area contributed by atoms with Crippen LogP contribution in [0.25, 0.3) is 0 Å². The normalized spacial score (nSPS) is 14.6. The fraction of sp³-hybridized carbons (Fsp3) is 0.750. The standard InChI is InChI=1S/C48H86NO9P/c1-6-8-10-12-14-16-18-20-21-22-23-25-27-29-31-33-35-39-47(51)55-43-46(44-57-59(53,54)56-42-41-49(3,4)5)58-48(52)40-36-38-45(50)37-34-32-30-28-26-24-19-17-15-13-11-9-7-2/h14,16,20-21,24,26,30,32,34,37,45-46,50H,6-13,15,17-19,22-23,25,27-29,31,33,35-36,38-44H2,1-5H3/b16-14-,21-20-,26-24+,32-30+,37-34+/t45?,46-/m1/s1. The van der Waals surface area contributed by atoms with E-state index in [1.807, 2.05) is 33.3 Å². The molecule has 3 atom stereocenters. The van der Waals surface area contributed by atoms with Gasteiger partial charge in [-0.3, -0.25) is 14.2 Å². The fourth-order valence-electron chi connectivity index (χ4n) is 5.93. The quantitative estimate of drug-likeness (QED) is 0.0159. The van der Waals surface area contributed by atoms with Crippen LogP contribution in [0.4, 0.5) is 0 Å². The summed E-state index contributed by atoms with van der Waals surface area (Å²) in [5, 5.41) is 10.3. The summed E-state index contributed by atoms with van der Waals surface area (Å²) in [6.45, 7) is 3.96. The summed E-state index contributed by atoms with van der Waals surface area (Å²) in [6.07, 6.45) is 44.2. The third kappa shape index (κ3) is 43.6. The fourth-order valence-corrected chi connectivity index (χ4v) is 6.66. The van der Waals surface area contributed by atoms with Crippen molar-refractivity contribution in [1.29, 1.82) is 0 Å². The van der Waals surface area contributed by atoms with Crippen LogP contribution in [0.2, 0.25) is 0 Å². The van der Waals surface area contributed by atoms with E-state index >= 15 is 0 Å². The Labute approximate surface area is 360 Å². The lowest BCUT2D eigenvalue weighted by Gasteiger charge is -2.28. The molecular weight excluding hydrogens is 765 g/mol. The maximum atomic E-state index is 12.7. The number of aliphatic hydroxyl groups is 1. The van der Waals surface area contributed by atoms with Gasteiger partial charge in [-0.05, 0) is 70.6 Å². The predicted molar refractivity (Wildman–Crippen MR) is 242 cm³/mol. The van der Waals surface area contributed by atoms with Crippen molar-refractivity contribution in [1.82, 2.24) is 0 Å². The molecule has 0 aromatic carbocycles. The van der Waals surface area contributed by atoms with Crippen LogP contribution in [-0.4, -0.2) is 81.2 Å². The summed E-state index contributed by atoms with van der Waals surface area (Å²) >= 11 is 0. The number of quaternary nitrogens is 1. The van der Waals surface area contributed by atoms with Gasteiger partial charge in [-0.1, -0.05) is 152 Å². The minimum atomic E-state index is -4.68. The summed E-state index contributed by atoms with van der Waals surface area (Å²) in [7, 11) is 1.04. The molecule has 0 aliphatic heterocycles. The number of unbranched alkanes of at least 4 members (excludes halogenated alkanes) is 16. The van der Waals surface area contributed by atoms with Gasteiger partial charge in [-0.25, -0.2) is 0 Å². The highest BCUT2D eigenvalue weighted by Crippen LogP contribution is 2.38. The molecule has 59 heavy (non-hydrogen) atoms. The molecule has 10 nitrogen and oxygen atoms in total. The Kier molecular flexibility index (Phi) is 38.2. The van der Waals surface area contributed by atoms with E-state index in [0.29, 0.717) is 30.3 Å². The number of hydrogen-bond donors (Lipinski definition) is 1. The first kappa shape index (κ1) is 56.7. The van der Waals surface area contributed by atoms with Crippen molar-refractivity contribution in [3.05, 3.63) is 60.8 Å². The summed E-state index contributed by atoms with van der Waals surface area (Å²) in [5.74, 6) is -1.04. The van der Waals surface area contributed by atoms with Crippen LogP contribution in [0.15, 0.2) is 60.8 Å². The van der Waals surface area contributed by atoms with Crippen LogP contribution in [0.1, 0.15) is 174 Å². The zero-order valence-corrected chi connectivity index (χ0v) is 38.9. The lowest BCUT2D eigenvalue weighted by molar-refractivity contribution is -0.870. The Morgan fingerprint density at radius 3 is 1.73 bits per heavy atom. The predicted octanol–water partition coefficient (Wildman–Crippen LogP) is 11.6. The molecule has 0 rings (SSSR count). The van der Waals surface area contributed by atoms with Gasteiger partial charge in [0.25, 0.3) is 7.82 Å². The van der Waals surface area contributed by atoms with E-state index in [1.54, 1.807) is 12.2 Å². The average molecular weight is 852 g/mol. The summed E-state index contributed by atoms with van der Waals surface area (Å²) in [6, 6.07) is 0. The molecule has 0 saturated carbocycles. The van der Waals surface area contributed by atoms with Crippen molar-refractivity contribution in [2.45, 2.75) is 187 Å². The molecule has 0 spiro atoms. The number of carbonyl (C=O) groups excluding carboxylic acids is 2. The van der Waals surface area contributed by atoms with Crippen molar-refractivity contribution in [3.63, 3.8) is 0 Å². The second kappa shape index (κ2) is 39.8. The number of carbonyl (C=O) groups is 2. The molecule has 0 saturated heterocycles. The first-order valence-corrected chi connectivity index (χ1v) is 24.6. The van der Waals surface area contributed by atoms with Crippen molar-refractivity contribution in [2.75, 3.05) is 47.5 Å². The molecule has 2 unspecified atom stereocenters. The van der Waals surface area contributed by atoms with E-state index in [1.165, 1.54) is 83.5 Å². The number of phosphoric acid groups is 1. The van der Waals surface area contributed by atoms with E-state index in [9.17, 15) is 24.2 Å². The molecule has 0 aliphatic carbocycles. The van der Waals surface area contributed by atoms with E-state index in [0.717, 1.165) is 44.9 Å². The number of nitrogens with zero attached hydrogens (tertiary/aromatic N) is 1. The average Bonchev–Trinajstić information content (AvgIpc) is 3.18. The van der Waals surface area contributed by atoms with Gasteiger partial charge in [0.15, 0.2) is 6.10 Å². The van der Waals surface area contributed by atoms with Gasteiger partial charge < -0.3 is 33.0 Å². The molecule has 0 radical (unpaired) electrons. The van der Waals surface area contributed by atoms with Crippen LogP contribution in [-0.2, 0) is 32.7 Å². The smallest absolute Gasteiger partial charge is 0.306 e. The topological polar surface area (TPSA) is 131 Å². The number of hydrogen-bond acceptors (Lipinski definition) is 9. The maximum absolute atomic E-state index is 12.7. The molecule has 0 fully saturated rings. The molecule has 0 aromatic heterocycles. The van der Waals surface area contributed by atoms with Crippen LogP contribution in [0.3, 0.4) is 0 Å². The van der Waals surface area contributed by atoms with E-state index in [4.69, 9.17) is 18.5 Å². The summed E-state index contributed by atoms with van der Waals surface area (Å²) in [5.41, 5.74) is 0. The summed E-state index contributed by atoms with van der Waals surface area (Å²) in [4.78, 5) is 37.6. The first-order chi connectivity index (χ1) is 28.4. The van der Waals surface area contributed by atoms with Gasteiger partial charge in [0, 0.05) is 12.8 Å². The van der Waals surface area contributed by atoms with E-state index in [2.05, 4.69) is 50.3 Å². The van der Waals surface area contributed by atoms with Crippen molar-refractivity contribution in [2.24, 2.45) is 0 Å². The van der Waals surface area contributed by atoms with Crippen LogP contribution in [0, 0.1) is 0 Å². The Morgan fingerprint density at radius 1 is 0.627 bits per heavy atom. The monoisotopic (exact) mass is 852 g/mol. The highest BCUT2D eigenvalue weighted by Gasteiger charge is 2.22. The second-order valence-corrected chi connectivity index (χ2v) is 18.0. The third-order valence-electron chi connectivity index (χ3n) is 9.61. The van der Waals surface area contributed by atoms with Crippen molar-refractivity contribution >= 4 is 19.8 Å². The number of rotatable bonds is 41. The number of aliphatic hydroxyl groups excluding tert-OH is 1. The molecule has 0 amide bonds. The minimum absolute atomic E-state index is 0.00281. The number of phosphoric ester groups is 1. The van der Waals surface area contributed by atoms with E-state index in [-0.39, 0.29) is 26.1 Å². The Morgan fingerprint density at radius 2 is 1.14 bits per heavy atom. The molecule has 0 bridgehead atoms. The van der Waals surface area contributed by atoms with Gasteiger partial charge in [-0.2, -0.15) is 0 Å². The highest BCUT2D eigenvalue weighted by atomic mass is 31.2. The molecule has 0 aliphatic rings. The van der Waals surface area contributed by atoms with Crippen LogP contribution < -0.4 is 4.89 Å². The van der Waals surface area contributed by atoms with Crippen molar-refractivity contribution < 1.29 is 47.2 Å². The summed E-state index contributed by atoms with van der Waals surface area (Å²) < 4.78 is 33.8. The Balaban J connectivity index is 4.53. The Hall–Kier alpha value is -2.33. The minimum Gasteiger partial charge on any atom is -0.756 e. The molecule has 1 N–H and O–H groups in total. The van der Waals surface area contributed by atoms with Gasteiger partial charge in [0.05, 0.1) is 33.9 Å². The molecule has 11 heteroatoms. The zero-order valence-electron chi connectivity index (χ0n) is 38.0. The van der Waals surface area contributed by atoms with Crippen LogP contribution in [0.5, 0.6) is 0 Å². The largest absolute Gasteiger partial charge is 0.756 e. The molecule has 0 aromatic rings. The lowest BCUT2D eigenvalue weighted by atomic mass is 10.1. The lowest BCUT2D eigenvalue weighted by Crippen LogP contribution is -2.37. The first-order valence-electron chi connectivity index (χ1n) is 23.1. The number of allylic oxidation sites excluding steroid dienone is 9. The third-order valence-corrected chi connectivity index (χ3v) is 10.6. The SMILES string of the molecule is CCCCC/C=C\C/C=C\CCCCCCCCCC(=O)OC[C@H](COP(=O)([O-])OCC[N+](C)(C)C)OC(=O)CCCC(O)/C=C/C=C/C/C=C/CCCCCCCC.